The maximum absolute atomic E-state index is 11.8. The number of hydrogen-bond acceptors (Lipinski definition) is 2. The number of halogens is 1. The van der Waals surface area contributed by atoms with Crippen molar-refractivity contribution in [3.05, 3.63) is 57.5 Å². The minimum atomic E-state index is -0.153. The summed E-state index contributed by atoms with van der Waals surface area (Å²) in [6.07, 6.45) is 0. The molecular weight excluding hydrogens is 224 g/mol. The highest BCUT2D eigenvalue weighted by molar-refractivity contribution is 6.30. The number of aromatic nitrogens is 1. The van der Waals surface area contributed by atoms with Crippen LogP contribution in [0.25, 0.3) is 5.69 Å². The summed E-state index contributed by atoms with van der Waals surface area (Å²) in [5.74, 6) is 0. The molecule has 2 rings (SSSR count). The third-order valence-electron chi connectivity index (χ3n) is 2.31. The number of pyridine rings is 1. The van der Waals surface area contributed by atoms with Gasteiger partial charge in [0.1, 0.15) is 0 Å². The second-order valence-corrected chi connectivity index (χ2v) is 4.02. The van der Waals surface area contributed by atoms with Crippen LogP contribution < -0.4 is 11.3 Å². The predicted molar refractivity (Wildman–Crippen MR) is 66.2 cm³/mol. The van der Waals surface area contributed by atoms with Gasteiger partial charge in [-0.05, 0) is 31.2 Å². The number of rotatable bonds is 1. The number of benzene rings is 1. The molecule has 0 saturated heterocycles. The quantitative estimate of drug-likeness (QED) is 0.824. The SMILES string of the molecule is Cc1cc(N)cc(=O)n1-c1cccc(Cl)c1. The minimum absolute atomic E-state index is 0.153. The van der Waals surface area contributed by atoms with Crippen LogP contribution >= 0.6 is 11.6 Å². The van der Waals surface area contributed by atoms with E-state index in [0.29, 0.717) is 10.7 Å². The summed E-state index contributed by atoms with van der Waals surface area (Å²) in [7, 11) is 0. The van der Waals surface area contributed by atoms with Crippen molar-refractivity contribution in [2.75, 3.05) is 5.73 Å². The first-order valence-electron chi connectivity index (χ1n) is 4.83. The second kappa shape index (κ2) is 4.02. The monoisotopic (exact) mass is 234 g/mol. The van der Waals surface area contributed by atoms with Crippen LogP contribution in [0.1, 0.15) is 5.69 Å². The first-order chi connectivity index (χ1) is 7.58. The molecule has 1 aromatic heterocycles. The lowest BCUT2D eigenvalue weighted by Gasteiger charge is -2.10. The topological polar surface area (TPSA) is 48.0 Å². The first-order valence-corrected chi connectivity index (χ1v) is 5.21. The zero-order chi connectivity index (χ0) is 11.7. The van der Waals surface area contributed by atoms with Crippen LogP contribution in [-0.2, 0) is 0 Å². The molecule has 3 nitrogen and oxygen atoms in total. The van der Waals surface area contributed by atoms with E-state index in [9.17, 15) is 4.79 Å². The molecule has 0 atom stereocenters. The van der Waals surface area contributed by atoms with E-state index in [1.54, 1.807) is 28.8 Å². The van der Waals surface area contributed by atoms with E-state index in [2.05, 4.69) is 0 Å². The van der Waals surface area contributed by atoms with E-state index in [0.717, 1.165) is 11.4 Å². The van der Waals surface area contributed by atoms with Gasteiger partial charge in [-0.3, -0.25) is 9.36 Å². The number of nitrogen functional groups attached to an aromatic ring is 1. The molecule has 1 aromatic carbocycles. The van der Waals surface area contributed by atoms with Gasteiger partial charge in [-0.2, -0.15) is 0 Å². The molecule has 82 valence electrons. The van der Waals surface area contributed by atoms with Crippen LogP contribution in [-0.4, -0.2) is 4.57 Å². The smallest absolute Gasteiger partial charge is 0.257 e. The lowest BCUT2D eigenvalue weighted by molar-refractivity contribution is 0.937. The normalized spacial score (nSPS) is 10.4. The van der Waals surface area contributed by atoms with Crippen molar-refractivity contribution in [2.45, 2.75) is 6.92 Å². The largest absolute Gasteiger partial charge is 0.399 e. The van der Waals surface area contributed by atoms with Gasteiger partial charge in [0.15, 0.2) is 0 Å². The highest BCUT2D eigenvalue weighted by Gasteiger charge is 2.04. The fraction of sp³-hybridized carbons (Fsp3) is 0.0833. The lowest BCUT2D eigenvalue weighted by atomic mass is 10.2. The number of anilines is 1. The van der Waals surface area contributed by atoms with Gasteiger partial charge in [-0.25, -0.2) is 0 Å². The Hall–Kier alpha value is -1.74. The zero-order valence-corrected chi connectivity index (χ0v) is 9.53. The van der Waals surface area contributed by atoms with Crippen molar-refractivity contribution in [1.29, 1.82) is 0 Å². The minimum Gasteiger partial charge on any atom is -0.399 e. The van der Waals surface area contributed by atoms with Gasteiger partial charge >= 0.3 is 0 Å². The molecule has 16 heavy (non-hydrogen) atoms. The average molecular weight is 235 g/mol. The molecule has 1 heterocycles. The van der Waals surface area contributed by atoms with Crippen LogP contribution in [0.15, 0.2) is 41.2 Å². The Labute approximate surface area is 98.1 Å². The average Bonchev–Trinajstić information content (AvgIpc) is 2.15. The fourth-order valence-corrected chi connectivity index (χ4v) is 1.86. The molecule has 2 aromatic rings. The lowest BCUT2D eigenvalue weighted by Crippen LogP contribution is -2.20. The van der Waals surface area contributed by atoms with E-state index in [4.69, 9.17) is 17.3 Å². The first kappa shape index (κ1) is 10.8. The molecule has 0 bridgehead atoms. The molecule has 0 radical (unpaired) electrons. The molecular formula is C12H11ClN2O. The van der Waals surface area contributed by atoms with Gasteiger partial charge in [-0.1, -0.05) is 17.7 Å². The Balaban J connectivity index is 2.70. The number of aryl methyl sites for hydroxylation is 1. The summed E-state index contributed by atoms with van der Waals surface area (Å²) in [6.45, 7) is 1.83. The Bertz CT molecular complexity index is 590. The van der Waals surface area contributed by atoms with E-state index in [1.165, 1.54) is 6.07 Å². The second-order valence-electron chi connectivity index (χ2n) is 3.58. The summed E-state index contributed by atoms with van der Waals surface area (Å²) < 4.78 is 1.57. The molecule has 4 heteroatoms. The van der Waals surface area contributed by atoms with Crippen molar-refractivity contribution in [3.8, 4) is 5.69 Å². The van der Waals surface area contributed by atoms with Gasteiger partial charge in [0.05, 0.1) is 5.69 Å². The van der Waals surface area contributed by atoms with Crippen molar-refractivity contribution in [2.24, 2.45) is 0 Å². The molecule has 0 spiro atoms. The molecule has 0 fully saturated rings. The van der Waals surface area contributed by atoms with E-state index in [-0.39, 0.29) is 5.56 Å². The van der Waals surface area contributed by atoms with Crippen LogP contribution in [0.3, 0.4) is 0 Å². The molecule has 0 saturated carbocycles. The van der Waals surface area contributed by atoms with Crippen LogP contribution in [0.5, 0.6) is 0 Å². The maximum atomic E-state index is 11.8. The third kappa shape index (κ3) is 1.95. The van der Waals surface area contributed by atoms with Gasteiger partial charge in [0.2, 0.25) is 0 Å². The summed E-state index contributed by atoms with van der Waals surface area (Å²) in [5.41, 5.74) is 7.45. The van der Waals surface area contributed by atoms with Gasteiger partial charge in [0, 0.05) is 22.5 Å². The Morgan fingerprint density at radius 1 is 1.25 bits per heavy atom. The highest BCUT2D eigenvalue weighted by Crippen LogP contribution is 2.15. The summed E-state index contributed by atoms with van der Waals surface area (Å²) in [6, 6.07) is 10.3. The van der Waals surface area contributed by atoms with Crippen LogP contribution in [0, 0.1) is 6.92 Å². The van der Waals surface area contributed by atoms with Crippen molar-refractivity contribution in [1.82, 2.24) is 4.57 Å². The maximum Gasteiger partial charge on any atom is 0.257 e. The standard InChI is InChI=1S/C12H11ClN2O/c1-8-5-10(14)7-12(16)15(8)11-4-2-3-9(13)6-11/h2-7H,14H2,1H3. The van der Waals surface area contributed by atoms with Crippen molar-refractivity contribution >= 4 is 17.3 Å². The van der Waals surface area contributed by atoms with E-state index >= 15 is 0 Å². The molecule has 0 aliphatic rings. The highest BCUT2D eigenvalue weighted by atomic mass is 35.5. The fourth-order valence-electron chi connectivity index (χ4n) is 1.67. The van der Waals surface area contributed by atoms with Crippen LogP contribution in [0.4, 0.5) is 5.69 Å². The Kier molecular flexibility index (Phi) is 2.71. The molecule has 2 N–H and O–H groups in total. The predicted octanol–water partition coefficient (Wildman–Crippen LogP) is 2.38. The van der Waals surface area contributed by atoms with Crippen LogP contribution in [0.2, 0.25) is 5.02 Å². The van der Waals surface area contributed by atoms with Gasteiger partial charge in [0.25, 0.3) is 5.56 Å². The Morgan fingerprint density at radius 3 is 2.62 bits per heavy atom. The van der Waals surface area contributed by atoms with Crippen molar-refractivity contribution < 1.29 is 0 Å². The summed E-state index contributed by atoms with van der Waals surface area (Å²) in [5, 5.41) is 0.598. The summed E-state index contributed by atoms with van der Waals surface area (Å²) >= 11 is 5.89. The summed E-state index contributed by atoms with van der Waals surface area (Å²) in [4.78, 5) is 11.8. The molecule has 0 unspecified atom stereocenters. The third-order valence-corrected chi connectivity index (χ3v) is 2.54. The number of nitrogens with zero attached hydrogens (tertiary/aromatic N) is 1. The molecule has 0 amide bonds. The molecule has 0 aliphatic carbocycles. The molecule has 0 aliphatic heterocycles. The number of nitrogens with two attached hydrogens (primary N) is 1. The zero-order valence-electron chi connectivity index (χ0n) is 8.77. The van der Waals surface area contributed by atoms with E-state index in [1.807, 2.05) is 13.0 Å². The number of hydrogen-bond donors (Lipinski definition) is 1. The van der Waals surface area contributed by atoms with Gasteiger partial charge < -0.3 is 5.73 Å². The van der Waals surface area contributed by atoms with Crippen molar-refractivity contribution in [3.63, 3.8) is 0 Å². The van der Waals surface area contributed by atoms with Gasteiger partial charge in [-0.15, -0.1) is 0 Å². The Morgan fingerprint density at radius 2 is 2.00 bits per heavy atom. The van der Waals surface area contributed by atoms with E-state index < -0.39 is 0 Å².